The Hall–Kier alpha value is -2.36. The van der Waals surface area contributed by atoms with Crippen molar-refractivity contribution in [2.45, 2.75) is 226 Å². The first-order valence-electron chi connectivity index (χ1n) is 24.4. The second-order valence-corrected chi connectivity index (χ2v) is 22.8. The van der Waals surface area contributed by atoms with Crippen LogP contribution in [-0.2, 0) is 19.2 Å². The van der Waals surface area contributed by atoms with Crippen molar-refractivity contribution >= 4 is 23.1 Å². The number of ketones is 4. The van der Waals surface area contributed by atoms with Crippen LogP contribution in [0.4, 0.5) is 0 Å². The smallest absolute Gasteiger partial charge is 0.161 e. The van der Waals surface area contributed by atoms with Crippen molar-refractivity contribution in [2.75, 3.05) is 0 Å². The van der Waals surface area contributed by atoms with Crippen LogP contribution >= 0.6 is 0 Å². The van der Waals surface area contributed by atoms with Gasteiger partial charge < -0.3 is 0 Å². The first-order chi connectivity index (χ1) is 27.6. The van der Waals surface area contributed by atoms with E-state index >= 15 is 0 Å². The fourth-order valence-electron chi connectivity index (χ4n) is 17.1. The van der Waals surface area contributed by atoms with Crippen LogP contribution in [0.15, 0.2) is 48.6 Å². The number of carbonyl (C=O) groups excluding carboxylic acids is 4. The fraction of sp³-hybridized carbons (Fsp3) is 0.815. The predicted molar refractivity (Wildman–Crippen MR) is 308 cm³/mol. The first kappa shape index (κ1) is 73.2. The number of Topliss-reactive ketones (excluding diaryl/α,β-unsaturated/α-hetero) is 4. The van der Waals surface area contributed by atoms with E-state index in [9.17, 15) is 19.2 Å². The van der Waals surface area contributed by atoms with E-state index in [1.54, 1.807) is 11.1 Å². The lowest BCUT2D eigenvalue weighted by atomic mass is 9.45. The van der Waals surface area contributed by atoms with Crippen LogP contribution in [0.2, 0.25) is 0 Å². The molecule has 0 aromatic heterocycles. The van der Waals surface area contributed by atoms with Gasteiger partial charge in [0.25, 0.3) is 0 Å². The number of hydrogen-bond acceptors (Lipinski definition) is 4. The normalized spacial score (nSPS) is 41.5. The largest absolute Gasteiger partial charge is 0.299 e. The monoisotopic (exact) mass is 967 g/mol. The predicted octanol–water partition coefficient (Wildman–Crippen LogP) is 19.3. The van der Waals surface area contributed by atoms with E-state index in [2.05, 4.69) is 60.9 Å². The highest BCUT2D eigenvalue weighted by molar-refractivity contribution is 6.00. The minimum absolute atomic E-state index is 0. The molecule has 0 amide bonds. The van der Waals surface area contributed by atoms with Crippen molar-refractivity contribution in [3.63, 3.8) is 0 Å². The van der Waals surface area contributed by atoms with Crippen LogP contribution in [0, 0.1) is 118 Å². The van der Waals surface area contributed by atoms with Gasteiger partial charge in [-0.1, -0.05) is 161 Å². The Kier molecular flexibility index (Phi) is 30.5. The molecule has 10 fully saturated rings. The molecule has 4 heteroatoms. The molecule has 10 aliphatic carbocycles. The van der Waals surface area contributed by atoms with Crippen LogP contribution in [0.5, 0.6) is 0 Å². The standard InChI is InChI=1S/C18H26O2.C18H24O2.C18H28.11CH4/c1-9-7-11-8-10(2)18(20)14-4-3-13-15(19)6-5-12(9)17(13)16(11)14;1-9-7-13-8-10(2)18(20)12(4)16(13)17-11(3)15(19)6-5-14(9)17;1-11-8-14(4)17-15(9-11)10-13(3)16-7-5-6-12(2)18(16)17;;;;;;;;;;;/h9-14,16-17H,3-8H2,1-2H3;9-10,13-14,16-17H,3-8H2,1-2H3;11,13,15-18H,2,4-10H2,1,3H3;11*1H4/t9-,10+,11-,12+,13+,14-,16+,17+;9-,10+,13-,14+,16-,17-;11-,13-,15+,16+,17-,18-;;;;;;;;;;;/m000.........../s1. The van der Waals surface area contributed by atoms with Crippen molar-refractivity contribution in [3.8, 4) is 0 Å². The van der Waals surface area contributed by atoms with Gasteiger partial charge in [-0.05, 0) is 196 Å². The lowest BCUT2D eigenvalue weighted by Gasteiger charge is -2.58. The molecule has 10 aliphatic rings. The average Bonchev–Trinajstić information content (AvgIpc) is 3.17. The molecule has 406 valence electrons. The maximum Gasteiger partial charge on any atom is 0.161 e. The van der Waals surface area contributed by atoms with Gasteiger partial charge in [-0.2, -0.15) is 0 Å². The van der Waals surface area contributed by atoms with Crippen molar-refractivity contribution < 1.29 is 19.2 Å². The first-order valence-corrected chi connectivity index (χ1v) is 24.4. The molecular weight excluding hydrogens is 845 g/mol. The van der Waals surface area contributed by atoms with Crippen LogP contribution in [-0.4, -0.2) is 23.1 Å². The third-order valence-electron chi connectivity index (χ3n) is 19.4. The topological polar surface area (TPSA) is 68.3 Å². The second kappa shape index (κ2) is 28.8. The zero-order chi connectivity index (χ0) is 41.5. The Balaban J connectivity index is -0.000000426. The third kappa shape index (κ3) is 13.1. The molecule has 0 N–H and O–H groups in total. The molecule has 0 aliphatic heterocycles. The molecule has 0 bridgehead atoms. The SMILES string of the molecule is C.C.C.C.C.C.C.C.C.C.C.C=C1C(=O)[C@H](C)C[C@@H]2C[C@H](C)[C@H]3CCC(=O)C(=C)[C@@H]3[C@@H]12.C=C1C[C@H](C)C[C@@H]2C[C@H](C)[C@H]3CCCC(=C)[C@@H]3[C@@H]12.C[C@@H]1C[C@@H]2C[C@H](C)[C@H]3CCC(=O)[C@H]4CC[C@H](C1=O)[C@@H]2[C@H]34. The summed E-state index contributed by atoms with van der Waals surface area (Å²) in [5.41, 5.74) is 4.66. The molecule has 0 heterocycles. The minimum atomic E-state index is 0. The van der Waals surface area contributed by atoms with Gasteiger partial charge in [-0.25, -0.2) is 0 Å². The summed E-state index contributed by atoms with van der Waals surface area (Å²) in [6, 6.07) is 0. The van der Waals surface area contributed by atoms with Gasteiger partial charge in [0.1, 0.15) is 11.6 Å². The van der Waals surface area contributed by atoms with Crippen LogP contribution in [0.25, 0.3) is 0 Å². The zero-order valence-electron chi connectivity index (χ0n) is 37.3. The molecular formula is C65H122O4. The van der Waals surface area contributed by atoms with E-state index in [-0.39, 0.29) is 117 Å². The van der Waals surface area contributed by atoms with Gasteiger partial charge in [-0.3, -0.25) is 19.2 Å². The molecule has 69 heavy (non-hydrogen) atoms. The number of rotatable bonds is 0. The molecule has 4 nitrogen and oxygen atoms in total. The third-order valence-corrected chi connectivity index (χ3v) is 19.4. The molecule has 0 spiro atoms. The quantitative estimate of drug-likeness (QED) is 0.179. The van der Waals surface area contributed by atoms with Crippen LogP contribution in [0.3, 0.4) is 0 Å². The summed E-state index contributed by atoms with van der Waals surface area (Å²) in [7, 11) is 0. The summed E-state index contributed by atoms with van der Waals surface area (Å²) in [4.78, 5) is 49.3. The van der Waals surface area contributed by atoms with Crippen molar-refractivity contribution in [3.05, 3.63) is 48.6 Å². The van der Waals surface area contributed by atoms with E-state index in [0.717, 1.165) is 109 Å². The van der Waals surface area contributed by atoms with Gasteiger partial charge in [0.2, 0.25) is 0 Å². The van der Waals surface area contributed by atoms with Crippen molar-refractivity contribution in [1.82, 2.24) is 0 Å². The highest BCUT2D eigenvalue weighted by atomic mass is 16.1. The lowest BCUT2D eigenvalue weighted by Crippen LogP contribution is -2.57. The average molecular weight is 968 g/mol. The summed E-state index contributed by atoms with van der Waals surface area (Å²) < 4.78 is 0. The van der Waals surface area contributed by atoms with Gasteiger partial charge in [0.15, 0.2) is 11.6 Å². The molecule has 0 saturated heterocycles. The second-order valence-electron chi connectivity index (χ2n) is 22.8. The Morgan fingerprint density at radius 2 is 0.928 bits per heavy atom. The summed E-state index contributed by atoms with van der Waals surface area (Å²) >= 11 is 0. The van der Waals surface area contributed by atoms with Gasteiger partial charge in [0, 0.05) is 36.5 Å². The summed E-state index contributed by atoms with van der Waals surface area (Å²) in [6.07, 6.45) is 18.3. The van der Waals surface area contributed by atoms with Gasteiger partial charge >= 0.3 is 0 Å². The molecule has 0 aromatic carbocycles. The fourth-order valence-corrected chi connectivity index (χ4v) is 17.1. The van der Waals surface area contributed by atoms with Crippen molar-refractivity contribution in [2.24, 2.45) is 118 Å². The van der Waals surface area contributed by atoms with E-state index in [0.29, 0.717) is 59.4 Å². The molecule has 0 unspecified atom stereocenters. The molecule has 0 aromatic rings. The number of hydrogen-bond donors (Lipinski definition) is 0. The van der Waals surface area contributed by atoms with E-state index < -0.39 is 0 Å². The Labute approximate surface area is 433 Å². The maximum atomic E-state index is 12.6. The van der Waals surface area contributed by atoms with Crippen molar-refractivity contribution in [1.29, 1.82) is 0 Å². The van der Waals surface area contributed by atoms with E-state index in [1.165, 1.54) is 51.4 Å². The lowest BCUT2D eigenvalue weighted by molar-refractivity contribution is -0.159. The molecule has 0 radical (unpaired) electrons. The molecule has 10 rings (SSSR count). The van der Waals surface area contributed by atoms with E-state index in [1.807, 2.05) is 6.92 Å². The Bertz CT molecular complexity index is 1710. The number of carbonyl (C=O) groups is 4. The number of fused-ring (bicyclic) bond motifs is 6. The molecule has 20 atom stereocenters. The van der Waals surface area contributed by atoms with Crippen LogP contribution < -0.4 is 0 Å². The summed E-state index contributed by atoms with van der Waals surface area (Å²) in [5.74, 6) is 12.9. The number of allylic oxidation sites excluding steroid dienone is 4. The highest BCUT2D eigenvalue weighted by Gasteiger charge is 2.58. The zero-order valence-corrected chi connectivity index (χ0v) is 37.3. The summed E-state index contributed by atoms with van der Waals surface area (Å²) in [6.45, 7) is 30.8. The Morgan fingerprint density at radius 3 is 1.54 bits per heavy atom. The molecule has 10 saturated carbocycles. The summed E-state index contributed by atoms with van der Waals surface area (Å²) in [5, 5.41) is 0. The van der Waals surface area contributed by atoms with E-state index in [4.69, 9.17) is 0 Å². The minimum Gasteiger partial charge on any atom is -0.299 e. The maximum absolute atomic E-state index is 12.6. The Morgan fingerprint density at radius 1 is 0.420 bits per heavy atom. The highest BCUT2D eigenvalue weighted by Crippen LogP contribution is 2.61. The van der Waals surface area contributed by atoms with Crippen LogP contribution in [0.1, 0.15) is 226 Å². The van der Waals surface area contributed by atoms with Gasteiger partial charge in [0.05, 0.1) is 0 Å². The van der Waals surface area contributed by atoms with Gasteiger partial charge in [-0.15, -0.1) is 0 Å².